The third-order valence-electron chi connectivity index (χ3n) is 2.39. The van der Waals surface area contributed by atoms with Gasteiger partial charge in [-0.05, 0) is 25.2 Å². The highest BCUT2D eigenvalue weighted by atomic mass is 28.4. The van der Waals surface area contributed by atoms with E-state index in [1.165, 1.54) is 0 Å². The fourth-order valence-electron chi connectivity index (χ4n) is 1.46. The van der Waals surface area contributed by atoms with Gasteiger partial charge in [-0.15, -0.1) is 0 Å². The number of oxime groups is 1. The van der Waals surface area contributed by atoms with Crippen molar-refractivity contribution < 1.29 is 14.1 Å². The summed E-state index contributed by atoms with van der Waals surface area (Å²) in [6, 6.07) is 9.71. The largest absolute Gasteiger partial charge is 0.515 e. The monoisotopic (exact) mass is 293 g/mol. The summed E-state index contributed by atoms with van der Waals surface area (Å²) in [4.78, 5) is 17.3. The molecule has 0 fully saturated rings. The van der Waals surface area contributed by atoms with Gasteiger partial charge in [-0.25, -0.2) is 4.79 Å². The van der Waals surface area contributed by atoms with Crippen molar-refractivity contribution in [2.75, 3.05) is 0 Å². The lowest BCUT2D eigenvalue weighted by Gasteiger charge is -2.19. The number of hydrogen-bond acceptors (Lipinski definition) is 4. The first-order valence-electron chi connectivity index (χ1n) is 6.76. The Hall–Kier alpha value is -1.62. The normalized spacial score (nSPS) is 12.4. The molecule has 0 aliphatic carbocycles. The number of rotatable bonds is 6. The standard InChI is InChI=1S/C15H23NO3Si/c1-12(2)14(15(17)19-20(3,4)5)16-18-11-13-9-7-6-8-10-13/h6-10,12H,11H2,1-5H3. The van der Waals surface area contributed by atoms with E-state index >= 15 is 0 Å². The molecule has 20 heavy (non-hydrogen) atoms. The Morgan fingerprint density at radius 1 is 1.20 bits per heavy atom. The van der Waals surface area contributed by atoms with E-state index in [9.17, 15) is 4.79 Å². The predicted molar refractivity (Wildman–Crippen MR) is 82.9 cm³/mol. The zero-order valence-electron chi connectivity index (χ0n) is 12.8. The molecule has 1 aromatic carbocycles. The minimum Gasteiger partial charge on any atom is -0.515 e. The molecule has 0 amide bonds. The van der Waals surface area contributed by atoms with Crippen molar-refractivity contribution in [3.05, 3.63) is 35.9 Å². The second-order valence-electron chi connectivity index (χ2n) is 5.89. The highest BCUT2D eigenvalue weighted by Gasteiger charge is 2.25. The lowest BCUT2D eigenvalue weighted by atomic mass is 10.1. The van der Waals surface area contributed by atoms with Gasteiger partial charge in [0.1, 0.15) is 6.61 Å². The van der Waals surface area contributed by atoms with Crippen LogP contribution in [0.2, 0.25) is 19.6 Å². The molecule has 0 atom stereocenters. The van der Waals surface area contributed by atoms with E-state index in [1.54, 1.807) is 0 Å². The summed E-state index contributed by atoms with van der Waals surface area (Å²) < 4.78 is 5.45. The molecule has 0 aliphatic rings. The van der Waals surface area contributed by atoms with Crippen molar-refractivity contribution in [2.24, 2.45) is 11.1 Å². The molecule has 0 radical (unpaired) electrons. The lowest BCUT2D eigenvalue weighted by molar-refractivity contribution is -0.128. The third kappa shape index (κ3) is 6.01. The van der Waals surface area contributed by atoms with Gasteiger partial charge >= 0.3 is 5.97 Å². The molecule has 1 rings (SSSR count). The first-order chi connectivity index (χ1) is 9.29. The Balaban J connectivity index is 2.66. The van der Waals surface area contributed by atoms with Gasteiger partial charge in [-0.1, -0.05) is 49.3 Å². The highest BCUT2D eigenvalue weighted by Crippen LogP contribution is 2.09. The van der Waals surface area contributed by atoms with E-state index in [0.717, 1.165) is 5.56 Å². The molecular weight excluding hydrogens is 270 g/mol. The topological polar surface area (TPSA) is 47.9 Å². The first-order valence-corrected chi connectivity index (χ1v) is 10.2. The summed E-state index contributed by atoms with van der Waals surface area (Å²) in [5, 5.41) is 3.97. The van der Waals surface area contributed by atoms with E-state index in [2.05, 4.69) is 5.16 Å². The molecule has 5 heteroatoms. The van der Waals surface area contributed by atoms with Crippen LogP contribution in [0.1, 0.15) is 19.4 Å². The van der Waals surface area contributed by atoms with Gasteiger partial charge in [0.25, 0.3) is 0 Å². The van der Waals surface area contributed by atoms with E-state index in [4.69, 9.17) is 9.26 Å². The van der Waals surface area contributed by atoms with E-state index in [-0.39, 0.29) is 11.9 Å². The fourth-order valence-corrected chi connectivity index (χ4v) is 2.12. The molecule has 0 bridgehead atoms. The van der Waals surface area contributed by atoms with Crippen molar-refractivity contribution in [3.8, 4) is 0 Å². The molecular formula is C15H23NO3Si. The number of hydrogen-bond donors (Lipinski definition) is 0. The van der Waals surface area contributed by atoms with Crippen LogP contribution in [0.3, 0.4) is 0 Å². The summed E-state index contributed by atoms with van der Waals surface area (Å²) in [6.07, 6.45) is 0. The predicted octanol–water partition coefficient (Wildman–Crippen LogP) is 3.59. The molecule has 0 spiro atoms. The van der Waals surface area contributed by atoms with Crippen molar-refractivity contribution in [1.82, 2.24) is 0 Å². The van der Waals surface area contributed by atoms with Crippen LogP contribution < -0.4 is 0 Å². The van der Waals surface area contributed by atoms with Crippen molar-refractivity contribution in [3.63, 3.8) is 0 Å². The van der Waals surface area contributed by atoms with E-state index < -0.39 is 8.32 Å². The zero-order valence-corrected chi connectivity index (χ0v) is 13.8. The van der Waals surface area contributed by atoms with Crippen LogP contribution in [0.25, 0.3) is 0 Å². The van der Waals surface area contributed by atoms with Gasteiger partial charge < -0.3 is 9.26 Å². The van der Waals surface area contributed by atoms with Gasteiger partial charge in [-0.2, -0.15) is 0 Å². The smallest absolute Gasteiger partial charge is 0.343 e. The Morgan fingerprint density at radius 3 is 2.30 bits per heavy atom. The average Bonchev–Trinajstić information content (AvgIpc) is 2.33. The Kier molecular flexibility index (Phi) is 5.95. The summed E-state index contributed by atoms with van der Waals surface area (Å²) in [5.74, 6) is -0.401. The van der Waals surface area contributed by atoms with Gasteiger partial charge in [-0.3, -0.25) is 0 Å². The third-order valence-corrected chi connectivity index (χ3v) is 3.19. The Bertz CT molecular complexity index is 464. The van der Waals surface area contributed by atoms with Gasteiger partial charge in [0.15, 0.2) is 5.71 Å². The number of carbonyl (C=O) groups is 1. The first kappa shape index (κ1) is 16.4. The molecule has 0 N–H and O–H groups in total. The molecule has 0 unspecified atom stereocenters. The number of carbonyl (C=O) groups excluding carboxylic acids is 1. The maximum Gasteiger partial charge on any atom is 0.343 e. The van der Waals surface area contributed by atoms with Crippen molar-refractivity contribution in [1.29, 1.82) is 0 Å². The molecule has 0 saturated heterocycles. The second kappa shape index (κ2) is 7.24. The second-order valence-corrected chi connectivity index (χ2v) is 10.3. The summed E-state index contributed by atoms with van der Waals surface area (Å²) in [6.45, 7) is 10.0. The maximum absolute atomic E-state index is 12.0. The number of nitrogens with zero attached hydrogens (tertiary/aromatic N) is 1. The number of benzene rings is 1. The lowest BCUT2D eigenvalue weighted by Crippen LogP contribution is -2.35. The van der Waals surface area contributed by atoms with Gasteiger partial charge in [0.2, 0.25) is 8.32 Å². The van der Waals surface area contributed by atoms with Gasteiger partial charge in [0, 0.05) is 5.92 Å². The molecule has 110 valence electrons. The minimum atomic E-state index is -1.92. The molecule has 0 heterocycles. The van der Waals surface area contributed by atoms with E-state index in [1.807, 2.05) is 63.8 Å². The van der Waals surface area contributed by atoms with Crippen LogP contribution in [0.4, 0.5) is 0 Å². The molecule has 4 nitrogen and oxygen atoms in total. The van der Waals surface area contributed by atoms with Crippen LogP contribution >= 0.6 is 0 Å². The van der Waals surface area contributed by atoms with Crippen LogP contribution in [0.15, 0.2) is 35.5 Å². The summed E-state index contributed by atoms with van der Waals surface area (Å²) in [7, 11) is -1.92. The fraction of sp³-hybridized carbons (Fsp3) is 0.467. The van der Waals surface area contributed by atoms with Crippen LogP contribution in [0, 0.1) is 5.92 Å². The Labute approximate surface area is 121 Å². The molecule has 1 aromatic rings. The van der Waals surface area contributed by atoms with E-state index in [0.29, 0.717) is 12.3 Å². The summed E-state index contributed by atoms with van der Waals surface area (Å²) in [5.41, 5.74) is 1.35. The maximum atomic E-state index is 12.0. The summed E-state index contributed by atoms with van der Waals surface area (Å²) >= 11 is 0. The van der Waals surface area contributed by atoms with Gasteiger partial charge in [0.05, 0.1) is 0 Å². The minimum absolute atomic E-state index is 0.0328. The average molecular weight is 293 g/mol. The van der Waals surface area contributed by atoms with Crippen LogP contribution in [0.5, 0.6) is 0 Å². The Morgan fingerprint density at radius 2 is 1.80 bits per heavy atom. The van der Waals surface area contributed by atoms with Crippen LogP contribution in [-0.2, 0) is 20.7 Å². The highest BCUT2D eigenvalue weighted by molar-refractivity contribution is 6.72. The van der Waals surface area contributed by atoms with Crippen molar-refractivity contribution >= 4 is 20.0 Å². The van der Waals surface area contributed by atoms with Crippen molar-refractivity contribution in [2.45, 2.75) is 40.1 Å². The quantitative estimate of drug-likeness (QED) is 0.457. The molecule has 0 aromatic heterocycles. The zero-order chi connectivity index (χ0) is 15.2. The molecule has 0 saturated carbocycles. The molecule has 0 aliphatic heterocycles. The SMILES string of the molecule is CC(C)C(=NOCc1ccccc1)C(=O)O[Si](C)(C)C. The van der Waals surface area contributed by atoms with Crippen LogP contribution in [-0.4, -0.2) is 20.0 Å².